The highest BCUT2D eigenvalue weighted by Gasteiger charge is 2.14. The average Bonchev–Trinajstić information content (AvgIpc) is 3.35. The van der Waals surface area contributed by atoms with Gasteiger partial charge in [-0.15, -0.1) is 10.2 Å². The summed E-state index contributed by atoms with van der Waals surface area (Å²) in [5, 5.41) is 16.9. The van der Waals surface area contributed by atoms with E-state index in [1.807, 2.05) is 60.0 Å². The number of amides is 2. The van der Waals surface area contributed by atoms with Crippen molar-refractivity contribution in [3.05, 3.63) is 78.1 Å². The molecule has 0 saturated carbocycles. The predicted octanol–water partition coefficient (Wildman–Crippen LogP) is 4.53. The number of carbonyl (C=O) groups excluding carboxylic acids is 2. The van der Waals surface area contributed by atoms with Crippen LogP contribution in [0, 0.1) is 0 Å². The van der Waals surface area contributed by atoms with E-state index < -0.39 is 0 Å². The number of fused-ring (bicyclic) bond motifs is 1. The summed E-state index contributed by atoms with van der Waals surface area (Å²) < 4.78 is 12.4. The van der Waals surface area contributed by atoms with Gasteiger partial charge < -0.3 is 24.7 Å². The largest absolute Gasteiger partial charge is 0.493 e. The highest BCUT2D eigenvalue weighted by atomic mass is 32.2. The van der Waals surface area contributed by atoms with Gasteiger partial charge in [0.25, 0.3) is 0 Å². The fourth-order valence-electron chi connectivity index (χ4n) is 3.88. The zero-order valence-corrected chi connectivity index (χ0v) is 22.2. The molecule has 0 aliphatic carbocycles. The first kappa shape index (κ1) is 26.7. The smallest absolute Gasteiger partial charge is 0.244 e. The molecule has 0 radical (unpaired) electrons. The first-order valence-electron chi connectivity index (χ1n) is 12.0. The molecule has 0 unspecified atom stereocenters. The van der Waals surface area contributed by atoms with E-state index in [0.717, 1.165) is 22.0 Å². The topological polar surface area (TPSA) is 107 Å². The molecule has 1 aromatic heterocycles. The number of rotatable bonds is 11. The predicted molar refractivity (Wildman–Crippen MR) is 149 cm³/mol. The number of hydrogen-bond donors (Lipinski definition) is 2. The Balaban J connectivity index is 1.32. The van der Waals surface area contributed by atoms with E-state index in [1.54, 1.807) is 32.4 Å². The van der Waals surface area contributed by atoms with Crippen LogP contribution in [0.4, 0.5) is 5.69 Å². The molecule has 0 saturated heterocycles. The minimum Gasteiger partial charge on any atom is -0.493 e. The lowest BCUT2D eigenvalue weighted by Gasteiger charge is -2.10. The molecular weight excluding hydrogens is 502 g/mol. The Kier molecular flexibility index (Phi) is 8.99. The van der Waals surface area contributed by atoms with Gasteiger partial charge in [-0.1, -0.05) is 54.2 Å². The van der Waals surface area contributed by atoms with Gasteiger partial charge in [-0.25, -0.2) is 0 Å². The zero-order valence-electron chi connectivity index (χ0n) is 21.4. The standard InChI is InChI=1S/C28H29N5O4S/c1-4-33-25(17-29-26(34)15-13-19-12-14-23(36-2)24(16-19)37-3)31-32-28(33)38-18-27(35)30-22-11-7-9-20-8-5-6-10-21(20)22/h5-16H,4,17-18H2,1-3H3,(H,29,34)(H,30,35). The maximum absolute atomic E-state index is 12.6. The monoisotopic (exact) mass is 531 g/mol. The average molecular weight is 532 g/mol. The number of anilines is 1. The van der Waals surface area contributed by atoms with E-state index >= 15 is 0 Å². The van der Waals surface area contributed by atoms with Gasteiger partial charge in [-0.2, -0.15) is 0 Å². The molecule has 0 aliphatic heterocycles. The molecule has 4 aromatic rings. The molecule has 4 rings (SSSR count). The maximum atomic E-state index is 12.6. The molecule has 0 aliphatic rings. The number of ether oxygens (including phenoxy) is 2. The molecule has 1 heterocycles. The van der Waals surface area contributed by atoms with Crippen molar-refractivity contribution >= 4 is 46.1 Å². The molecule has 0 atom stereocenters. The molecular formula is C28H29N5O4S. The zero-order chi connectivity index (χ0) is 26.9. The Morgan fingerprint density at radius 2 is 1.79 bits per heavy atom. The van der Waals surface area contributed by atoms with Gasteiger partial charge in [0, 0.05) is 23.7 Å². The summed E-state index contributed by atoms with van der Waals surface area (Å²) in [6.45, 7) is 2.78. The van der Waals surface area contributed by atoms with Crippen molar-refractivity contribution in [2.45, 2.75) is 25.2 Å². The summed E-state index contributed by atoms with van der Waals surface area (Å²) in [7, 11) is 3.13. The minimum atomic E-state index is -0.269. The van der Waals surface area contributed by atoms with E-state index in [9.17, 15) is 9.59 Å². The second kappa shape index (κ2) is 12.8. The molecule has 3 aromatic carbocycles. The van der Waals surface area contributed by atoms with E-state index in [2.05, 4.69) is 20.8 Å². The summed E-state index contributed by atoms with van der Waals surface area (Å²) in [5.74, 6) is 1.59. The van der Waals surface area contributed by atoms with Crippen LogP contribution in [0.1, 0.15) is 18.3 Å². The van der Waals surface area contributed by atoms with Crippen molar-refractivity contribution in [2.24, 2.45) is 0 Å². The molecule has 2 N–H and O–H groups in total. The van der Waals surface area contributed by atoms with Crippen LogP contribution in [0.15, 0.2) is 71.9 Å². The molecule has 0 bridgehead atoms. The molecule has 10 heteroatoms. The minimum absolute atomic E-state index is 0.132. The van der Waals surface area contributed by atoms with Gasteiger partial charge in [0.1, 0.15) is 0 Å². The van der Waals surface area contributed by atoms with Gasteiger partial charge in [0.05, 0.1) is 26.5 Å². The van der Waals surface area contributed by atoms with E-state index in [0.29, 0.717) is 29.0 Å². The normalized spacial score (nSPS) is 11.0. The molecule has 2 amide bonds. The van der Waals surface area contributed by atoms with Gasteiger partial charge in [-0.05, 0) is 42.1 Å². The number of nitrogens with zero attached hydrogens (tertiary/aromatic N) is 3. The lowest BCUT2D eigenvalue weighted by atomic mass is 10.1. The lowest BCUT2D eigenvalue weighted by Crippen LogP contribution is -2.22. The SMILES string of the molecule is CCn1c(CNC(=O)C=Cc2ccc(OC)c(OC)c2)nnc1SCC(=O)Nc1cccc2ccccc12. The third-order valence-corrected chi connectivity index (χ3v) is 6.73. The highest BCUT2D eigenvalue weighted by Crippen LogP contribution is 2.28. The summed E-state index contributed by atoms with van der Waals surface area (Å²) in [6.07, 6.45) is 3.14. The fourth-order valence-corrected chi connectivity index (χ4v) is 4.70. The van der Waals surface area contributed by atoms with Crippen LogP contribution >= 0.6 is 11.8 Å². The van der Waals surface area contributed by atoms with E-state index in [-0.39, 0.29) is 24.1 Å². The second-order valence-corrected chi connectivity index (χ2v) is 9.11. The Bertz CT molecular complexity index is 1460. The number of methoxy groups -OCH3 is 2. The van der Waals surface area contributed by atoms with E-state index in [1.165, 1.54) is 17.8 Å². The number of hydrogen-bond acceptors (Lipinski definition) is 7. The quantitative estimate of drug-likeness (QED) is 0.216. The van der Waals surface area contributed by atoms with Crippen molar-refractivity contribution in [2.75, 3.05) is 25.3 Å². The summed E-state index contributed by atoms with van der Waals surface area (Å²) in [6, 6.07) is 19.1. The summed E-state index contributed by atoms with van der Waals surface area (Å²) in [5.41, 5.74) is 1.57. The molecule has 38 heavy (non-hydrogen) atoms. The Morgan fingerprint density at radius 3 is 2.58 bits per heavy atom. The fraction of sp³-hybridized carbons (Fsp3) is 0.214. The third kappa shape index (κ3) is 6.51. The third-order valence-electron chi connectivity index (χ3n) is 5.76. The maximum Gasteiger partial charge on any atom is 0.244 e. The Labute approximate surface area is 225 Å². The van der Waals surface area contributed by atoms with Gasteiger partial charge in [0.15, 0.2) is 22.5 Å². The van der Waals surface area contributed by atoms with Crippen molar-refractivity contribution in [1.29, 1.82) is 0 Å². The van der Waals surface area contributed by atoms with Crippen molar-refractivity contribution in [3.63, 3.8) is 0 Å². The van der Waals surface area contributed by atoms with Crippen molar-refractivity contribution in [3.8, 4) is 11.5 Å². The van der Waals surface area contributed by atoms with Crippen LogP contribution < -0.4 is 20.1 Å². The van der Waals surface area contributed by atoms with Crippen LogP contribution in [-0.4, -0.2) is 46.6 Å². The number of thioether (sulfide) groups is 1. The van der Waals surface area contributed by atoms with Crippen LogP contribution in [0.25, 0.3) is 16.8 Å². The number of benzene rings is 3. The van der Waals surface area contributed by atoms with Crippen LogP contribution in [0.3, 0.4) is 0 Å². The summed E-state index contributed by atoms with van der Waals surface area (Å²) in [4.78, 5) is 25.0. The van der Waals surface area contributed by atoms with Crippen LogP contribution in [0.5, 0.6) is 11.5 Å². The molecule has 9 nitrogen and oxygen atoms in total. The molecule has 0 spiro atoms. The first-order valence-corrected chi connectivity index (χ1v) is 13.0. The summed E-state index contributed by atoms with van der Waals surface area (Å²) >= 11 is 1.30. The number of nitrogens with one attached hydrogen (secondary N) is 2. The van der Waals surface area contributed by atoms with Gasteiger partial charge >= 0.3 is 0 Å². The first-order chi connectivity index (χ1) is 18.5. The van der Waals surface area contributed by atoms with Crippen LogP contribution in [0.2, 0.25) is 0 Å². The number of carbonyl (C=O) groups is 2. The molecule has 0 fully saturated rings. The Morgan fingerprint density at radius 1 is 1.00 bits per heavy atom. The van der Waals surface area contributed by atoms with Gasteiger partial charge in [0.2, 0.25) is 11.8 Å². The molecule has 196 valence electrons. The van der Waals surface area contributed by atoms with E-state index in [4.69, 9.17) is 9.47 Å². The highest BCUT2D eigenvalue weighted by molar-refractivity contribution is 7.99. The second-order valence-electron chi connectivity index (χ2n) is 8.17. The lowest BCUT2D eigenvalue weighted by molar-refractivity contribution is -0.116. The number of aromatic nitrogens is 3. The van der Waals surface area contributed by atoms with Gasteiger partial charge in [-0.3, -0.25) is 9.59 Å². The van der Waals surface area contributed by atoms with Crippen LogP contribution in [-0.2, 0) is 22.7 Å². The van der Waals surface area contributed by atoms with Crippen molar-refractivity contribution < 1.29 is 19.1 Å². The van der Waals surface area contributed by atoms with Crippen molar-refractivity contribution in [1.82, 2.24) is 20.1 Å². The Hall–Kier alpha value is -4.31.